The molecule has 2 aromatic heterocycles. The van der Waals surface area contributed by atoms with Crippen LogP contribution >= 0.6 is 11.3 Å². The molecule has 2 aliphatic rings. The smallest absolute Gasteiger partial charge is 0.181 e. The molecule has 3 N–H and O–H groups in total. The molecule has 0 unspecified atom stereocenters. The number of aliphatic hydroxyl groups is 1. The zero-order valence-corrected chi connectivity index (χ0v) is 16.2. The van der Waals surface area contributed by atoms with Crippen LogP contribution in [0.2, 0.25) is 0 Å². The number of aliphatic hydroxyl groups excluding tert-OH is 1. The van der Waals surface area contributed by atoms with Crippen molar-refractivity contribution in [3.8, 4) is 11.4 Å². The largest absolute Gasteiger partial charge is 0.391 e. The minimum Gasteiger partial charge on any atom is -0.391 e. The maximum atomic E-state index is 10.6. The van der Waals surface area contributed by atoms with Gasteiger partial charge < -0.3 is 10.8 Å². The molecule has 1 aromatic carbocycles. The van der Waals surface area contributed by atoms with Crippen LogP contribution in [0.4, 0.5) is 5.13 Å². The lowest BCUT2D eigenvalue weighted by atomic mass is 9.92. The Bertz CT molecular complexity index is 959. The standard InChI is InChI=1S/C20H25N5OS/c21-20-22-14-11-13(9-10-17(14)27-20)19-23-18(12-5-1-2-6-12)24-25(19)15-7-3-4-8-16(15)26/h9-12,15-16,26H,1-8H2,(H2,21,22)/t15-,16-/m1/s1. The number of thiazole rings is 1. The topological polar surface area (TPSA) is 89.9 Å². The molecule has 0 saturated heterocycles. The third-order valence-electron chi connectivity index (χ3n) is 6.04. The molecule has 2 saturated carbocycles. The number of benzene rings is 1. The predicted octanol–water partition coefficient (Wildman–Crippen LogP) is 4.27. The molecule has 0 radical (unpaired) electrons. The van der Waals surface area contributed by atoms with Gasteiger partial charge in [-0.1, -0.05) is 37.0 Å². The van der Waals surface area contributed by atoms with Crippen LogP contribution < -0.4 is 5.73 Å². The van der Waals surface area contributed by atoms with Crippen LogP contribution in [0.5, 0.6) is 0 Å². The summed E-state index contributed by atoms with van der Waals surface area (Å²) in [5.41, 5.74) is 7.77. The normalized spacial score (nSPS) is 24.0. The van der Waals surface area contributed by atoms with Gasteiger partial charge >= 0.3 is 0 Å². The van der Waals surface area contributed by atoms with Crippen LogP contribution in [0, 0.1) is 0 Å². The van der Waals surface area contributed by atoms with Gasteiger partial charge in [0.2, 0.25) is 0 Å². The first-order chi connectivity index (χ1) is 13.2. The molecule has 0 amide bonds. The summed E-state index contributed by atoms with van der Waals surface area (Å²) in [7, 11) is 0. The van der Waals surface area contributed by atoms with Crippen LogP contribution in [-0.4, -0.2) is 31.0 Å². The van der Waals surface area contributed by atoms with Gasteiger partial charge in [-0.3, -0.25) is 0 Å². The number of nitrogens with two attached hydrogens (primary N) is 1. The van der Waals surface area contributed by atoms with E-state index in [1.807, 2.05) is 4.68 Å². The Morgan fingerprint density at radius 3 is 2.63 bits per heavy atom. The van der Waals surface area contributed by atoms with E-state index in [0.717, 1.165) is 53.1 Å². The Labute approximate surface area is 162 Å². The first-order valence-electron chi connectivity index (χ1n) is 10.00. The van der Waals surface area contributed by atoms with E-state index < -0.39 is 0 Å². The highest BCUT2D eigenvalue weighted by Crippen LogP contribution is 2.37. The van der Waals surface area contributed by atoms with Gasteiger partial charge in [0.05, 0.1) is 22.4 Å². The van der Waals surface area contributed by atoms with Crippen molar-refractivity contribution in [2.24, 2.45) is 0 Å². The molecule has 142 valence electrons. The SMILES string of the molecule is Nc1nc2cc(-c3nc(C4CCCC4)nn3[C@@H]3CCCC[C@H]3O)ccc2s1. The van der Waals surface area contributed by atoms with E-state index in [9.17, 15) is 5.11 Å². The summed E-state index contributed by atoms with van der Waals surface area (Å²) in [4.78, 5) is 9.40. The Morgan fingerprint density at radius 2 is 1.81 bits per heavy atom. The highest BCUT2D eigenvalue weighted by atomic mass is 32.1. The van der Waals surface area contributed by atoms with Crippen molar-refractivity contribution in [3.05, 3.63) is 24.0 Å². The van der Waals surface area contributed by atoms with Gasteiger partial charge in [-0.15, -0.1) is 0 Å². The molecule has 7 heteroatoms. The number of aromatic nitrogens is 4. The highest BCUT2D eigenvalue weighted by Gasteiger charge is 2.31. The molecule has 2 atom stereocenters. The van der Waals surface area contributed by atoms with Gasteiger partial charge in [0.15, 0.2) is 16.8 Å². The maximum Gasteiger partial charge on any atom is 0.181 e. The average Bonchev–Trinajstić information content (AvgIpc) is 3.39. The van der Waals surface area contributed by atoms with Crippen LogP contribution in [0.3, 0.4) is 0 Å². The Morgan fingerprint density at radius 1 is 1.04 bits per heavy atom. The Balaban J connectivity index is 1.61. The summed E-state index contributed by atoms with van der Waals surface area (Å²) in [5.74, 6) is 2.25. The first kappa shape index (κ1) is 17.1. The second-order valence-corrected chi connectivity index (χ2v) is 8.94. The van der Waals surface area contributed by atoms with E-state index in [0.29, 0.717) is 11.0 Å². The molecular weight excluding hydrogens is 358 g/mol. The van der Waals surface area contributed by atoms with E-state index in [1.165, 1.54) is 37.0 Å². The number of anilines is 1. The molecule has 2 heterocycles. The fourth-order valence-corrected chi connectivity index (χ4v) is 5.30. The molecule has 0 spiro atoms. The Kier molecular flexibility index (Phi) is 4.36. The molecule has 27 heavy (non-hydrogen) atoms. The Hall–Kier alpha value is -1.99. The van der Waals surface area contributed by atoms with Gasteiger partial charge in [-0.25, -0.2) is 14.6 Å². The number of nitrogen functional groups attached to an aromatic ring is 1. The number of fused-ring (bicyclic) bond motifs is 1. The maximum absolute atomic E-state index is 10.6. The zero-order valence-electron chi connectivity index (χ0n) is 15.3. The third kappa shape index (κ3) is 3.12. The van der Waals surface area contributed by atoms with E-state index in [1.54, 1.807) is 0 Å². The minimum atomic E-state index is -0.353. The summed E-state index contributed by atoms with van der Waals surface area (Å²) in [6.45, 7) is 0. The molecule has 3 aromatic rings. The fourth-order valence-electron chi connectivity index (χ4n) is 4.59. The number of nitrogens with zero attached hydrogens (tertiary/aromatic N) is 4. The van der Waals surface area contributed by atoms with Crippen molar-refractivity contribution >= 4 is 26.7 Å². The molecule has 5 rings (SSSR count). The molecule has 2 fully saturated rings. The van der Waals surface area contributed by atoms with Gasteiger partial charge in [0.1, 0.15) is 0 Å². The van der Waals surface area contributed by atoms with Gasteiger partial charge in [0, 0.05) is 11.5 Å². The van der Waals surface area contributed by atoms with E-state index in [4.69, 9.17) is 15.8 Å². The van der Waals surface area contributed by atoms with Crippen LogP contribution in [-0.2, 0) is 0 Å². The summed E-state index contributed by atoms with van der Waals surface area (Å²) >= 11 is 1.50. The van der Waals surface area contributed by atoms with E-state index >= 15 is 0 Å². The minimum absolute atomic E-state index is 0.00704. The lowest BCUT2D eigenvalue weighted by molar-refractivity contribution is 0.0699. The predicted molar refractivity (Wildman–Crippen MR) is 108 cm³/mol. The molecule has 0 aliphatic heterocycles. The number of hydrogen-bond donors (Lipinski definition) is 2. The van der Waals surface area contributed by atoms with Crippen molar-refractivity contribution in [3.63, 3.8) is 0 Å². The molecular formula is C20H25N5OS. The molecule has 2 aliphatic carbocycles. The number of hydrogen-bond acceptors (Lipinski definition) is 6. The third-order valence-corrected chi connectivity index (χ3v) is 6.90. The van der Waals surface area contributed by atoms with E-state index in [2.05, 4.69) is 23.2 Å². The lowest BCUT2D eigenvalue weighted by Crippen LogP contribution is -2.29. The second-order valence-electron chi connectivity index (χ2n) is 7.87. The molecule has 6 nitrogen and oxygen atoms in total. The van der Waals surface area contributed by atoms with Crippen molar-refractivity contribution in [1.82, 2.24) is 19.7 Å². The van der Waals surface area contributed by atoms with Crippen LogP contribution in [0.25, 0.3) is 21.6 Å². The van der Waals surface area contributed by atoms with Gasteiger partial charge in [-0.05, 0) is 43.9 Å². The van der Waals surface area contributed by atoms with Crippen molar-refractivity contribution in [2.75, 3.05) is 5.73 Å². The summed E-state index contributed by atoms with van der Waals surface area (Å²) in [6, 6.07) is 6.20. The quantitative estimate of drug-likeness (QED) is 0.705. The van der Waals surface area contributed by atoms with E-state index in [-0.39, 0.29) is 12.1 Å². The summed E-state index contributed by atoms with van der Waals surface area (Å²) in [6.07, 6.45) is 8.49. The second kappa shape index (κ2) is 6.87. The van der Waals surface area contributed by atoms with Gasteiger partial charge in [0.25, 0.3) is 0 Å². The molecule has 0 bridgehead atoms. The van der Waals surface area contributed by atoms with Crippen LogP contribution in [0.15, 0.2) is 18.2 Å². The average molecular weight is 384 g/mol. The summed E-state index contributed by atoms with van der Waals surface area (Å²) < 4.78 is 3.09. The van der Waals surface area contributed by atoms with Gasteiger partial charge in [-0.2, -0.15) is 5.10 Å². The van der Waals surface area contributed by atoms with Crippen molar-refractivity contribution < 1.29 is 5.11 Å². The first-order valence-corrected chi connectivity index (χ1v) is 10.8. The number of rotatable bonds is 3. The van der Waals surface area contributed by atoms with Crippen molar-refractivity contribution in [2.45, 2.75) is 69.4 Å². The summed E-state index contributed by atoms with van der Waals surface area (Å²) in [5, 5.41) is 16.1. The lowest BCUT2D eigenvalue weighted by Gasteiger charge is -2.28. The fraction of sp³-hybridized carbons (Fsp3) is 0.550. The van der Waals surface area contributed by atoms with Crippen molar-refractivity contribution in [1.29, 1.82) is 0 Å². The monoisotopic (exact) mass is 383 g/mol. The zero-order chi connectivity index (χ0) is 18.4. The van der Waals surface area contributed by atoms with Crippen LogP contribution in [0.1, 0.15) is 69.2 Å². The highest BCUT2D eigenvalue weighted by molar-refractivity contribution is 7.22.